The van der Waals surface area contributed by atoms with Gasteiger partial charge in [0.25, 0.3) is 0 Å². The van der Waals surface area contributed by atoms with Gasteiger partial charge in [-0.25, -0.2) is 4.79 Å². The SMILES string of the molecule is CCCCCCCCCCCC(=O)NC(Cc1c#cc(O)cc1C)C(=O)O. The van der Waals surface area contributed by atoms with Crippen molar-refractivity contribution in [3.63, 3.8) is 0 Å². The molecule has 0 bridgehead atoms. The molecule has 0 saturated heterocycles. The number of rotatable bonds is 14. The third-order valence-electron chi connectivity index (χ3n) is 4.72. The Morgan fingerprint density at radius 3 is 2.19 bits per heavy atom. The van der Waals surface area contributed by atoms with E-state index in [0.717, 1.165) is 24.8 Å². The fourth-order valence-corrected chi connectivity index (χ4v) is 3.05. The minimum atomic E-state index is -1.07. The third-order valence-corrected chi connectivity index (χ3v) is 4.72. The number of aromatic hydroxyl groups is 1. The van der Waals surface area contributed by atoms with Crippen LogP contribution in [0.4, 0.5) is 0 Å². The quantitative estimate of drug-likeness (QED) is 0.422. The summed E-state index contributed by atoms with van der Waals surface area (Å²) >= 11 is 0. The van der Waals surface area contributed by atoms with E-state index in [2.05, 4.69) is 24.4 Å². The molecule has 0 spiro atoms. The molecule has 1 amide bonds. The summed E-state index contributed by atoms with van der Waals surface area (Å²) in [4.78, 5) is 23.5. The molecule has 1 unspecified atom stereocenters. The van der Waals surface area contributed by atoms with E-state index in [4.69, 9.17) is 0 Å². The molecule has 5 nitrogen and oxygen atoms in total. The Morgan fingerprint density at radius 1 is 1.04 bits per heavy atom. The van der Waals surface area contributed by atoms with Crippen molar-refractivity contribution >= 4 is 11.9 Å². The molecule has 1 atom stereocenters. The first-order valence-electron chi connectivity index (χ1n) is 10.1. The fourth-order valence-electron chi connectivity index (χ4n) is 3.05. The summed E-state index contributed by atoms with van der Waals surface area (Å²) in [6, 6.07) is 5.80. The maximum Gasteiger partial charge on any atom is 0.326 e. The molecular formula is C22H33NO4. The fraction of sp³-hybridized carbons (Fsp3) is 0.636. The molecule has 0 aromatic heterocycles. The standard InChI is InChI=1S/C22H33NO4/c1-3-4-5-6-7-8-9-10-11-12-21(25)23-20(22(26)27)16-18-13-14-19(24)15-17(18)2/h15,20,24H,3-12,16H2,1-2H3,(H,23,25)(H,26,27). The van der Waals surface area contributed by atoms with Crippen molar-refractivity contribution < 1.29 is 19.8 Å². The van der Waals surface area contributed by atoms with Gasteiger partial charge in [-0.3, -0.25) is 4.79 Å². The van der Waals surface area contributed by atoms with Crippen LogP contribution >= 0.6 is 0 Å². The average Bonchev–Trinajstić information content (AvgIpc) is 2.61. The Bertz CT molecular complexity index is 586. The summed E-state index contributed by atoms with van der Waals surface area (Å²) in [5, 5.41) is 21.3. The Labute approximate surface area is 163 Å². The predicted octanol–water partition coefficient (Wildman–Crippen LogP) is 4.33. The largest absolute Gasteiger partial charge is 0.501 e. The normalized spacial score (nSPS) is 11.6. The van der Waals surface area contributed by atoms with Gasteiger partial charge in [0, 0.05) is 18.4 Å². The van der Waals surface area contributed by atoms with E-state index in [1.54, 1.807) is 6.92 Å². The molecule has 0 fully saturated rings. The highest BCUT2D eigenvalue weighted by Gasteiger charge is 2.21. The number of carbonyl (C=O) groups is 2. The van der Waals surface area contributed by atoms with Crippen molar-refractivity contribution in [2.75, 3.05) is 0 Å². The van der Waals surface area contributed by atoms with Crippen molar-refractivity contribution in [3.05, 3.63) is 29.3 Å². The molecule has 1 aromatic rings. The second-order valence-electron chi connectivity index (χ2n) is 7.18. The first kappa shape index (κ1) is 22.8. The van der Waals surface area contributed by atoms with Gasteiger partial charge in [0.05, 0.1) is 0 Å². The molecule has 1 rings (SSSR count). The predicted molar refractivity (Wildman–Crippen MR) is 106 cm³/mol. The first-order chi connectivity index (χ1) is 12.9. The maximum atomic E-state index is 12.1. The molecule has 0 radical (unpaired) electrons. The topological polar surface area (TPSA) is 86.6 Å². The van der Waals surface area contributed by atoms with Gasteiger partial charge in [-0.1, -0.05) is 64.4 Å². The van der Waals surface area contributed by atoms with Crippen molar-refractivity contribution in [1.82, 2.24) is 5.32 Å². The number of amides is 1. The second kappa shape index (κ2) is 13.0. The molecule has 0 aliphatic heterocycles. The van der Waals surface area contributed by atoms with Crippen LogP contribution in [0.2, 0.25) is 0 Å². The highest BCUT2D eigenvalue weighted by Crippen LogP contribution is 2.14. The molecule has 5 heteroatoms. The van der Waals surface area contributed by atoms with Gasteiger partial charge in [-0.15, -0.1) is 0 Å². The van der Waals surface area contributed by atoms with Crippen LogP contribution in [0.1, 0.15) is 82.3 Å². The number of hydrogen-bond donors (Lipinski definition) is 3. The summed E-state index contributed by atoms with van der Waals surface area (Å²) in [5.74, 6) is -1.33. The van der Waals surface area contributed by atoms with Crippen molar-refractivity contribution in [2.24, 2.45) is 0 Å². The maximum absolute atomic E-state index is 12.1. The molecule has 0 aliphatic rings. The third kappa shape index (κ3) is 9.89. The lowest BCUT2D eigenvalue weighted by Crippen LogP contribution is -2.42. The number of hydrogen-bond acceptors (Lipinski definition) is 3. The van der Waals surface area contributed by atoms with Crippen LogP contribution in [0.15, 0.2) is 6.07 Å². The van der Waals surface area contributed by atoms with E-state index in [0.29, 0.717) is 12.0 Å². The zero-order chi connectivity index (χ0) is 20.1. The van der Waals surface area contributed by atoms with Crippen LogP contribution in [0.3, 0.4) is 0 Å². The Morgan fingerprint density at radius 2 is 1.63 bits per heavy atom. The Balaban J connectivity index is 2.28. The van der Waals surface area contributed by atoms with E-state index >= 15 is 0 Å². The summed E-state index contributed by atoms with van der Waals surface area (Å²) in [5.41, 5.74) is 1.36. The second-order valence-corrected chi connectivity index (χ2v) is 7.18. The molecule has 27 heavy (non-hydrogen) atoms. The minimum Gasteiger partial charge on any atom is -0.501 e. The van der Waals surface area contributed by atoms with Crippen molar-refractivity contribution in [2.45, 2.75) is 90.5 Å². The van der Waals surface area contributed by atoms with E-state index in [-0.39, 0.29) is 18.1 Å². The lowest BCUT2D eigenvalue weighted by molar-refractivity contribution is -0.141. The summed E-state index contributed by atoms with van der Waals surface area (Å²) in [7, 11) is 0. The van der Waals surface area contributed by atoms with Gasteiger partial charge in [-0.05, 0) is 31.0 Å². The number of unbranched alkanes of at least 4 members (excludes halogenated alkanes) is 8. The molecule has 0 aliphatic carbocycles. The van der Waals surface area contributed by atoms with E-state index < -0.39 is 12.0 Å². The van der Waals surface area contributed by atoms with Crippen molar-refractivity contribution in [3.8, 4) is 5.75 Å². The summed E-state index contributed by atoms with van der Waals surface area (Å²) < 4.78 is 0. The average molecular weight is 376 g/mol. The van der Waals surface area contributed by atoms with Crippen LogP contribution in [0.25, 0.3) is 0 Å². The van der Waals surface area contributed by atoms with Crippen LogP contribution in [0.5, 0.6) is 5.75 Å². The van der Waals surface area contributed by atoms with E-state index in [9.17, 15) is 19.8 Å². The van der Waals surface area contributed by atoms with Gasteiger partial charge >= 0.3 is 5.97 Å². The molecule has 0 heterocycles. The van der Waals surface area contributed by atoms with E-state index in [1.807, 2.05) is 0 Å². The minimum absolute atomic E-state index is 0.0301. The van der Waals surface area contributed by atoms with Crippen LogP contribution < -0.4 is 5.32 Å². The number of carboxylic acid groups (broad SMARTS) is 1. The van der Waals surface area contributed by atoms with Crippen molar-refractivity contribution in [1.29, 1.82) is 0 Å². The first-order valence-corrected chi connectivity index (χ1v) is 10.1. The van der Waals surface area contributed by atoms with E-state index in [1.165, 1.54) is 44.6 Å². The van der Waals surface area contributed by atoms with Crippen LogP contribution in [0, 0.1) is 19.1 Å². The van der Waals surface area contributed by atoms with Crippen LogP contribution in [-0.4, -0.2) is 28.1 Å². The zero-order valence-electron chi connectivity index (χ0n) is 16.6. The van der Waals surface area contributed by atoms with Gasteiger partial charge < -0.3 is 15.5 Å². The lowest BCUT2D eigenvalue weighted by Gasteiger charge is -2.15. The van der Waals surface area contributed by atoms with Gasteiger partial charge in [0.1, 0.15) is 6.04 Å². The highest BCUT2D eigenvalue weighted by atomic mass is 16.4. The Hall–Kier alpha value is -2.22. The number of carboxylic acids is 1. The smallest absolute Gasteiger partial charge is 0.326 e. The van der Waals surface area contributed by atoms with Gasteiger partial charge in [-0.2, -0.15) is 0 Å². The number of nitrogens with one attached hydrogen (secondary N) is 1. The van der Waals surface area contributed by atoms with Crippen LogP contribution in [-0.2, 0) is 16.0 Å². The molecule has 0 saturated carbocycles. The summed E-state index contributed by atoms with van der Waals surface area (Å²) in [6.07, 6.45) is 11.0. The van der Waals surface area contributed by atoms with Gasteiger partial charge in [0.15, 0.2) is 5.75 Å². The van der Waals surface area contributed by atoms with Gasteiger partial charge in [0.2, 0.25) is 5.91 Å². The summed E-state index contributed by atoms with van der Waals surface area (Å²) in [6.45, 7) is 3.98. The number of carbonyl (C=O) groups excluding carboxylic acids is 1. The molecule has 150 valence electrons. The molecular weight excluding hydrogens is 342 g/mol. The lowest BCUT2D eigenvalue weighted by atomic mass is 10.0. The molecule has 3 N–H and O–H groups in total. The highest BCUT2D eigenvalue weighted by molar-refractivity contribution is 5.83. The number of aryl methyl sites for hydroxylation is 1. The monoisotopic (exact) mass is 375 g/mol. The zero-order valence-corrected chi connectivity index (χ0v) is 16.6. The molecule has 1 aromatic carbocycles. The Kier molecular flexibility index (Phi) is 11.0. The number of aliphatic carboxylic acids is 1.